The predicted molar refractivity (Wildman–Crippen MR) is 140 cm³/mol. The van der Waals surface area contributed by atoms with E-state index in [-0.39, 0.29) is 24.6 Å². The van der Waals surface area contributed by atoms with Crippen LogP contribution < -0.4 is 10.5 Å². The van der Waals surface area contributed by atoms with Crippen LogP contribution in [0.3, 0.4) is 0 Å². The molecule has 0 aliphatic carbocycles. The van der Waals surface area contributed by atoms with Gasteiger partial charge >= 0.3 is 5.97 Å². The summed E-state index contributed by atoms with van der Waals surface area (Å²) in [6.07, 6.45) is 1.61. The first-order valence-corrected chi connectivity index (χ1v) is 12.9. The van der Waals surface area contributed by atoms with Gasteiger partial charge in [0, 0.05) is 32.4 Å². The van der Waals surface area contributed by atoms with Gasteiger partial charge < -0.3 is 19.1 Å². The molecule has 0 spiro atoms. The number of nitrogens with zero attached hydrogens (tertiary/aromatic N) is 4. The van der Waals surface area contributed by atoms with Gasteiger partial charge in [-0.3, -0.25) is 14.6 Å². The SMILES string of the molecule is CCOC(=O)c1c(N2CCN(C(=O)c3cccs3)CC2)c2ncccc2n(Cc2cccc(F)c2)c1=O. The van der Waals surface area contributed by atoms with Crippen molar-refractivity contribution in [2.45, 2.75) is 13.5 Å². The average molecular weight is 521 g/mol. The van der Waals surface area contributed by atoms with Crippen molar-refractivity contribution in [2.75, 3.05) is 37.7 Å². The van der Waals surface area contributed by atoms with Crippen LogP contribution in [-0.4, -0.2) is 59.1 Å². The fourth-order valence-corrected chi connectivity index (χ4v) is 5.31. The van der Waals surface area contributed by atoms with Crippen LogP contribution in [0.2, 0.25) is 0 Å². The van der Waals surface area contributed by atoms with Crippen molar-refractivity contribution in [1.29, 1.82) is 0 Å². The largest absolute Gasteiger partial charge is 0.462 e. The Morgan fingerprint density at radius 2 is 1.89 bits per heavy atom. The fourth-order valence-electron chi connectivity index (χ4n) is 4.62. The quantitative estimate of drug-likeness (QED) is 0.360. The summed E-state index contributed by atoms with van der Waals surface area (Å²) in [5.41, 5.74) is 1.34. The molecule has 0 saturated carbocycles. The molecule has 37 heavy (non-hydrogen) atoms. The Bertz CT molecular complexity index is 1510. The van der Waals surface area contributed by atoms with Crippen LogP contribution in [0.15, 0.2) is 64.9 Å². The Kier molecular flexibility index (Phi) is 7.00. The number of benzene rings is 1. The smallest absolute Gasteiger partial charge is 0.346 e. The van der Waals surface area contributed by atoms with Crippen molar-refractivity contribution in [3.8, 4) is 0 Å². The van der Waals surface area contributed by atoms with Gasteiger partial charge in [0.1, 0.15) is 11.3 Å². The summed E-state index contributed by atoms with van der Waals surface area (Å²) >= 11 is 1.40. The van der Waals surface area contributed by atoms with Crippen LogP contribution in [0.4, 0.5) is 10.1 Å². The van der Waals surface area contributed by atoms with E-state index in [1.807, 2.05) is 16.3 Å². The van der Waals surface area contributed by atoms with E-state index in [1.54, 1.807) is 48.4 Å². The lowest BCUT2D eigenvalue weighted by Crippen LogP contribution is -2.49. The minimum Gasteiger partial charge on any atom is -0.462 e. The molecule has 0 N–H and O–H groups in total. The normalized spacial score (nSPS) is 13.7. The third-order valence-corrected chi connectivity index (χ3v) is 7.18. The third kappa shape index (κ3) is 4.84. The van der Waals surface area contributed by atoms with Crippen molar-refractivity contribution < 1.29 is 18.7 Å². The number of hydrogen-bond donors (Lipinski definition) is 0. The number of fused-ring (bicyclic) bond motifs is 1. The molecule has 1 fully saturated rings. The average Bonchev–Trinajstić information content (AvgIpc) is 3.45. The Labute approximate surface area is 216 Å². The summed E-state index contributed by atoms with van der Waals surface area (Å²) < 4.78 is 20.6. The van der Waals surface area contributed by atoms with Crippen molar-refractivity contribution in [3.63, 3.8) is 0 Å². The second kappa shape index (κ2) is 10.5. The Hall–Kier alpha value is -4.05. The monoisotopic (exact) mass is 520 g/mol. The van der Waals surface area contributed by atoms with Gasteiger partial charge in [-0.2, -0.15) is 0 Å². The Morgan fingerprint density at radius 1 is 1.08 bits per heavy atom. The van der Waals surface area contributed by atoms with Crippen molar-refractivity contribution >= 4 is 39.9 Å². The summed E-state index contributed by atoms with van der Waals surface area (Å²) in [6, 6.07) is 13.1. The number of ether oxygens (including phenoxy) is 1. The lowest BCUT2D eigenvalue weighted by atomic mass is 10.1. The zero-order valence-corrected chi connectivity index (χ0v) is 21.0. The molecule has 0 radical (unpaired) electrons. The molecular formula is C27H25FN4O4S. The molecule has 5 rings (SSSR count). The van der Waals surface area contributed by atoms with Crippen molar-refractivity contribution in [1.82, 2.24) is 14.5 Å². The molecule has 1 saturated heterocycles. The Morgan fingerprint density at radius 3 is 2.59 bits per heavy atom. The van der Waals surface area contributed by atoms with E-state index in [4.69, 9.17) is 4.74 Å². The lowest BCUT2D eigenvalue weighted by Gasteiger charge is -2.37. The maximum atomic E-state index is 13.9. The van der Waals surface area contributed by atoms with E-state index >= 15 is 0 Å². The van der Waals surface area contributed by atoms with Gasteiger partial charge in [0.05, 0.1) is 29.2 Å². The number of amides is 1. The summed E-state index contributed by atoms with van der Waals surface area (Å²) in [4.78, 5) is 48.7. The van der Waals surface area contributed by atoms with Gasteiger partial charge in [-0.1, -0.05) is 18.2 Å². The molecule has 4 heterocycles. The number of anilines is 1. The van der Waals surface area contributed by atoms with E-state index in [0.29, 0.717) is 53.3 Å². The minimum absolute atomic E-state index is 0.0336. The van der Waals surface area contributed by atoms with E-state index in [9.17, 15) is 18.8 Å². The fraction of sp³-hybridized carbons (Fsp3) is 0.259. The number of aromatic nitrogens is 2. The molecule has 1 amide bonds. The van der Waals surface area contributed by atoms with Crippen LogP contribution in [0, 0.1) is 5.82 Å². The molecular weight excluding hydrogens is 495 g/mol. The van der Waals surface area contributed by atoms with Crippen LogP contribution in [0.5, 0.6) is 0 Å². The molecule has 1 aliphatic rings. The highest BCUT2D eigenvalue weighted by Crippen LogP contribution is 2.30. The first kappa shape index (κ1) is 24.6. The van der Waals surface area contributed by atoms with Gasteiger partial charge in [0.25, 0.3) is 11.5 Å². The summed E-state index contributed by atoms with van der Waals surface area (Å²) in [6.45, 7) is 3.54. The molecule has 10 heteroatoms. The standard InChI is InChI=1S/C27H25FN4O4S/c1-2-36-27(35)22-24(30-11-13-31(14-12-30)25(33)21-9-5-15-37-21)23-20(8-4-10-29-23)32(26(22)34)17-18-6-3-7-19(28)16-18/h3-10,15-16H,2,11-14,17H2,1H3. The van der Waals surface area contributed by atoms with Gasteiger partial charge in [-0.05, 0) is 48.2 Å². The first-order chi connectivity index (χ1) is 18.0. The number of hydrogen-bond acceptors (Lipinski definition) is 7. The number of piperazine rings is 1. The maximum Gasteiger partial charge on any atom is 0.346 e. The summed E-state index contributed by atoms with van der Waals surface area (Å²) in [5.74, 6) is -1.18. The molecule has 1 aliphatic heterocycles. The van der Waals surface area contributed by atoms with Crippen molar-refractivity contribution in [2.24, 2.45) is 0 Å². The lowest BCUT2D eigenvalue weighted by molar-refractivity contribution is 0.0523. The van der Waals surface area contributed by atoms with E-state index in [2.05, 4.69) is 4.98 Å². The van der Waals surface area contributed by atoms with Gasteiger partial charge in [0.2, 0.25) is 0 Å². The Balaban J connectivity index is 1.58. The number of esters is 1. The van der Waals surface area contributed by atoms with E-state index in [1.165, 1.54) is 28.0 Å². The van der Waals surface area contributed by atoms with E-state index < -0.39 is 17.3 Å². The molecule has 4 aromatic rings. The van der Waals surface area contributed by atoms with Gasteiger partial charge in [-0.25, -0.2) is 9.18 Å². The van der Waals surface area contributed by atoms with Crippen molar-refractivity contribution in [3.05, 3.63) is 92.3 Å². The summed E-state index contributed by atoms with van der Waals surface area (Å²) in [7, 11) is 0. The molecule has 0 bridgehead atoms. The zero-order valence-electron chi connectivity index (χ0n) is 20.2. The first-order valence-electron chi connectivity index (χ1n) is 12.0. The number of carbonyl (C=O) groups is 2. The van der Waals surface area contributed by atoms with E-state index in [0.717, 1.165) is 0 Å². The van der Waals surface area contributed by atoms with Crippen LogP contribution in [0.1, 0.15) is 32.5 Å². The van der Waals surface area contributed by atoms with Gasteiger partial charge in [0.15, 0.2) is 5.56 Å². The second-order valence-electron chi connectivity index (χ2n) is 8.59. The molecule has 0 unspecified atom stereocenters. The van der Waals surface area contributed by atoms with Gasteiger partial charge in [-0.15, -0.1) is 11.3 Å². The topological polar surface area (TPSA) is 84.7 Å². The number of rotatable bonds is 6. The second-order valence-corrected chi connectivity index (χ2v) is 9.54. The highest BCUT2D eigenvalue weighted by molar-refractivity contribution is 7.12. The summed E-state index contributed by atoms with van der Waals surface area (Å²) in [5, 5.41) is 1.87. The van der Waals surface area contributed by atoms with Crippen LogP contribution in [-0.2, 0) is 11.3 Å². The molecule has 190 valence electrons. The number of halogens is 1. The molecule has 8 nitrogen and oxygen atoms in total. The minimum atomic E-state index is -0.736. The number of carbonyl (C=O) groups excluding carboxylic acids is 2. The molecule has 3 aromatic heterocycles. The highest BCUT2D eigenvalue weighted by atomic mass is 32.1. The zero-order chi connectivity index (χ0) is 25.9. The highest BCUT2D eigenvalue weighted by Gasteiger charge is 2.31. The number of thiophene rings is 1. The number of pyridine rings is 2. The van der Waals surface area contributed by atoms with Crippen LogP contribution in [0.25, 0.3) is 11.0 Å². The predicted octanol–water partition coefficient (Wildman–Crippen LogP) is 3.78. The van der Waals surface area contributed by atoms with Crippen LogP contribution >= 0.6 is 11.3 Å². The molecule has 0 atom stereocenters. The molecule has 1 aromatic carbocycles. The third-order valence-electron chi connectivity index (χ3n) is 6.32. The maximum absolute atomic E-state index is 13.9.